The van der Waals surface area contributed by atoms with E-state index in [1.54, 1.807) is 6.07 Å². The molecule has 0 aliphatic rings. The van der Waals surface area contributed by atoms with E-state index in [1.165, 1.54) is 6.26 Å². The molecule has 2 rings (SSSR count). The highest BCUT2D eigenvalue weighted by molar-refractivity contribution is 5.94. The Bertz CT molecular complexity index is 491. The number of anilines is 1. The molecule has 88 valence electrons. The zero-order valence-electron chi connectivity index (χ0n) is 9.38. The van der Waals surface area contributed by atoms with Crippen molar-refractivity contribution >= 4 is 11.7 Å². The molecule has 1 unspecified atom stereocenters. The van der Waals surface area contributed by atoms with Crippen LogP contribution in [0.2, 0.25) is 0 Å². The minimum Gasteiger partial charge on any atom is -0.363 e. The van der Waals surface area contributed by atoms with Gasteiger partial charge in [0.25, 0.3) is 0 Å². The quantitative estimate of drug-likeness (QED) is 0.841. The van der Waals surface area contributed by atoms with E-state index in [1.807, 2.05) is 31.2 Å². The fourth-order valence-electron chi connectivity index (χ4n) is 1.41. The summed E-state index contributed by atoms with van der Waals surface area (Å²) in [6.07, 6.45) is 1.38. The Morgan fingerprint density at radius 3 is 2.65 bits per heavy atom. The van der Waals surface area contributed by atoms with Crippen molar-refractivity contribution in [3.63, 3.8) is 0 Å². The van der Waals surface area contributed by atoms with Gasteiger partial charge in [-0.05, 0) is 12.5 Å². The number of benzene rings is 1. The Morgan fingerprint density at radius 2 is 2.06 bits per heavy atom. The topological polar surface area (TPSA) is 81.2 Å². The van der Waals surface area contributed by atoms with Crippen molar-refractivity contribution in [2.45, 2.75) is 13.0 Å². The number of aryl methyl sites for hydroxylation is 1. The summed E-state index contributed by atoms with van der Waals surface area (Å²) < 4.78 is 4.61. The van der Waals surface area contributed by atoms with Crippen molar-refractivity contribution in [2.24, 2.45) is 5.73 Å². The number of amides is 1. The molecule has 5 heteroatoms. The maximum Gasteiger partial charge on any atom is 0.247 e. The van der Waals surface area contributed by atoms with Crippen LogP contribution in [0.3, 0.4) is 0 Å². The van der Waals surface area contributed by atoms with Crippen LogP contribution in [0.15, 0.2) is 41.1 Å². The fraction of sp³-hybridized carbons (Fsp3) is 0.167. The number of nitrogens with two attached hydrogens (primary N) is 1. The third-order valence-electron chi connectivity index (χ3n) is 2.41. The lowest BCUT2D eigenvalue weighted by atomic mass is 10.1. The van der Waals surface area contributed by atoms with E-state index in [0.29, 0.717) is 5.82 Å². The third-order valence-corrected chi connectivity index (χ3v) is 2.41. The van der Waals surface area contributed by atoms with Crippen molar-refractivity contribution < 1.29 is 9.32 Å². The SMILES string of the molecule is Cc1ccc(C(N)C(=O)Nc2ccon2)cc1. The summed E-state index contributed by atoms with van der Waals surface area (Å²) in [5, 5.41) is 6.15. The highest BCUT2D eigenvalue weighted by Gasteiger charge is 2.16. The molecule has 0 saturated heterocycles. The molecule has 3 N–H and O–H groups in total. The lowest BCUT2D eigenvalue weighted by molar-refractivity contribution is -0.117. The highest BCUT2D eigenvalue weighted by Crippen LogP contribution is 2.13. The van der Waals surface area contributed by atoms with E-state index in [2.05, 4.69) is 15.0 Å². The van der Waals surface area contributed by atoms with Crippen molar-refractivity contribution in [3.8, 4) is 0 Å². The van der Waals surface area contributed by atoms with Crippen LogP contribution in [-0.4, -0.2) is 11.1 Å². The van der Waals surface area contributed by atoms with Crippen LogP contribution in [0.1, 0.15) is 17.2 Å². The van der Waals surface area contributed by atoms with Crippen LogP contribution in [0.5, 0.6) is 0 Å². The molecular weight excluding hydrogens is 218 g/mol. The van der Waals surface area contributed by atoms with Crippen LogP contribution in [0.25, 0.3) is 0 Å². The summed E-state index contributed by atoms with van der Waals surface area (Å²) in [6, 6.07) is 8.34. The highest BCUT2D eigenvalue weighted by atomic mass is 16.5. The second-order valence-electron chi connectivity index (χ2n) is 3.76. The van der Waals surface area contributed by atoms with Gasteiger partial charge in [-0.25, -0.2) is 0 Å². The Kier molecular flexibility index (Phi) is 3.20. The zero-order chi connectivity index (χ0) is 12.3. The number of hydrogen-bond acceptors (Lipinski definition) is 4. The van der Waals surface area contributed by atoms with Gasteiger partial charge in [0.05, 0.1) is 0 Å². The van der Waals surface area contributed by atoms with Crippen molar-refractivity contribution in [2.75, 3.05) is 5.32 Å². The molecule has 17 heavy (non-hydrogen) atoms. The summed E-state index contributed by atoms with van der Waals surface area (Å²) in [7, 11) is 0. The maximum atomic E-state index is 11.8. The molecule has 5 nitrogen and oxygen atoms in total. The average Bonchev–Trinajstić information content (AvgIpc) is 2.82. The van der Waals surface area contributed by atoms with Crippen LogP contribution in [-0.2, 0) is 4.79 Å². The molecule has 1 atom stereocenters. The molecule has 0 fully saturated rings. The number of nitrogens with zero attached hydrogens (tertiary/aromatic N) is 1. The number of nitrogens with one attached hydrogen (secondary N) is 1. The minimum atomic E-state index is -0.715. The van der Waals surface area contributed by atoms with Gasteiger partial charge < -0.3 is 15.6 Å². The fourth-order valence-corrected chi connectivity index (χ4v) is 1.41. The van der Waals surface area contributed by atoms with Crippen molar-refractivity contribution in [3.05, 3.63) is 47.7 Å². The lowest BCUT2D eigenvalue weighted by Crippen LogP contribution is -2.27. The number of hydrogen-bond donors (Lipinski definition) is 2. The Hall–Kier alpha value is -2.14. The summed E-state index contributed by atoms with van der Waals surface area (Å²) in [6.45, 7) is 1.98. The summed E-state index contributed by atoms with van der Waals surface area (Å²) in [5.74, 6) is 0.0420. The molecule has 0 radical (unpaired) electrons. The molecule has 1 aromatic heterocycles. The Morgan fingerprint density at radius 1 is 1.35 bits per heavy atom. The minimum absolute atomic E-state index is 0.317. The van der Waals surface area contributed by atoms with Crippen LogP contribution >= 0.6 is 0 Å². The first-order valence-electron chi connectivity index (χ1n) is 5.20. The predicted octanol–water partition coefficient (Wildman–Crippen LogP) is 1.62. The molecule has 0 spiro atoms. The number of rotatable bonds is 3. The average molecular weight is 231 g/mol. The second kappa shape index (κ2) is 4.80. The first-order chi connectivity index (χ1) is 8.16. The van der Waals surface area contributed by atoms with E-state index in [0.717, 1.165) is 11.1 Å². The van der Waals surface area contributed by atoms with E-state index < -0.39 is 6.04 Å². The van der Waals surface area contributed by atoms with Gasteiger partial charge in [-0.1, -0.05) is 35.0 Å². The van der Waals surface area contributed by atoms with Gasteiger partial charge in [0, 0.05) is 6.07 Å². The molecule has 0 saturated carbocycles. The molecular formula is C12H13N3O2. The van der Waals surface area contributed by atoms with Gasteiger partial charge in [0.2, 0.25) is 5.91 Å². The maximum absolute atomic E-state index is 11.8. The molecule has 1 amide bonds. The first kappa shape index (κ1) is 11.3. The first-order valence-corrected chi connectivity index (χ1v) is 5.20. The van der Waals surface area contributed by atoms with E-state index in [4.69, 9.17) is 5.73 Å². The van der Waals surface area contributed by atoms with Gasteiger partial charge in [0.15, 0.2) is 5.82 Å². The smallest absolute Gasteiger partial charge is 0.247 e. The van der Waals surface area contributed by atoms with Gasteiger partial charge in [-0.3, -0.25) is 4.79 Å². The monoisotopic (exact) mass is 231 g/mol. The predicted molar refractivity (Wildman–Crippen MR) is 63.2 cm³/mol. The van der Waals surface area contributed by atoms with E-state index in [-0.39, 0.29) is 5.91 Å². The normalized spacial score (nSPS) is 12.1. The van der Waals surface area contributed by atoms with Crippen LogP contribution in [0, 0.1) is 6.92 Å². The summed E-state index contributed by atoms with van der Waals surface area (Å²) in [5.41, 5.74) is 7.72. The molecule has 0 aliphatic carbocycles. The van der Waals surface area contributed by atoms with E-state index in [9.17, 15) is 4.79 Å². The standard InChI is InChI=1S/C12H13N3O2/c1-8-2-4-9(5-3-8)11(13)12(16)14-10-6-7-17-15-10/h2-7,11H,13H2,1H3,(H,14,15,16). The molecule has 2 aromatic rings. The number of carbonyl (C=O) groups excluding carboxylic acids is 1. The molecule has 1 aromatic carbocycles. The van der Waals surface area contributed by atoms with Gasteiger partial charge >= 0.3 is 0 Å². The molecule has 0 aliphatic heterocycles. The number of aromatic nitrogens is 1. The van der Waals surface area contributed by atoms with Gasteiger partial charge in [0.1, 0.15) is 12.3 Å². The van der Waals surface area contributed by atoms with Crippen LogP contribution < -0.4 is 11.1 Å². The number of carbonyl (C=O) groups is 1. The van der Waals surface area contributed by atoms with Gasteiger partial charge in [-0.15, -0.1) is 0 Å². The van der Waals surface area contributed by atoms with Gasteiger partial charge in [-0.2, -0.15) is 0 Å². The lowest BCUT2D eigenvalue weighted by Gasteiger charge is -2.11. The van der Waals surface area contributed by atoms with Crippen molar-refractivity contribution in [1.29, 1.82) is 0 Å². The van der Waals surface area contributed by atoms with Crippen molar-refractivity contribution in [1.82, 2.24) is 5.16 Å². The third kappa shape index (κ3) is 2.70. The second-order valence-corrected chi connectivity index (χ2v) is 3.76. The Labute approximate surface area is 98.6 Å². The van der Waals surface area contributed by atoms with Crippen LogP contribution in [0.4, 0.5) is 5.82 Å². The van der Waals surface area contributed by atoms with E-state index >= 15 is 0 Å². The molecule has 1 heterocycles. The summed E-state index contributed by atoms with van der Waals surface area (Å²) in [4.78, 5) is 11.8. The largest absolute Gasteiger partial charge is 0.363 e. The summed E-state index contributed by atoms with van der Waals surface area (Å²) >= 11 is 0. The zero-order valence-corrected chi connectivity index (χ0v) is 9.38. The molecule has 0 bridgehead atoms. The Balaban J connectivity index is 2.07.